The van der Waals surface area contributed by atoms with Gasteiger partial charge in [0.25, 0.3) is 5.24 Å². The summed E-state index contributed by atoms with van der Waals surface area (Å²) in [7, 11) is 0. The smallest absolute Gasteiger partial charge is 0.253 e. The highest BCUT2D eigenvalue weighted by Crippen LogP contribution is 2.18. The second-order valence-corrected chi connectivity index (χ2v) is 3.49. The number of thiophene rings is 1. The highest BCUT2D eigenvalue weighted by Gasteiger charge is 2.01. The fourth-order valence-corrected chi connectivity index (χ4v) is 1.52. The van der Waals surface area contributed by atoms with Gasteiger partial charge in [0, 0.05) is 10.9 Å². The normalized spacial score (nSPS) is 9.56. The number of carbonyl (C=O) groups excluding carboxylic acids is 1. The van der Waals surface area contributed by atoms with Gasteiger partial charge in [-0.2, -0.15) is 0 Å². The lowest BCUT2D eigenvalue weighted by atomic mass is 10.4. The summed E-state index contributed by atoms with van der Waals surface area (Å²) < 4.78 is 0.805. The molecule has 1 rings (SSSR count). The lowest BCUT2D eigenvalue weighted by Gasteiger charge is -1.77. The minimum Gasteiger partial charge on any atom is -0.276 e. The predicted molar refractivity (Wildman–Crippen MR) is 41.8 cm³/mol. The van der Waals surface area contributed by atoms with Crippen molar-refractivity contribution in [2.45, 2.75) is 4.21 Å². The maximum absolute atomic E-state index is 10.4. The second kappa shape index (κ2) is 2.73. The van der Waals surface area contributed by atoms with Gasteiger partial charge >= 0.3 is 0 Å². The van der Waals surface area contributed by atoms with E-state index < -0.39 is 5.24 Å². The van der Waals surface area contributed by atoms with Crippen molar-refractivity contribution in [2.75, 3.05) is 0 Å². The molecule has 4 heteroatoms. The summed E-state index contributed by atoms with van der Waals surface area (Å²) in [5.74, 6) is 0. The third-order valence-corrected chi connectivity index (χ3v) is 2.21. The SMILES string of the molecule is O=C(Cl)c1csc(S)c1. The molecule has 0 radical (unpaired) electrons. The van der Waals surface area contributed by atoms with Gasteiger partial charge in [0.1, 0.15) is 0 Å². The molecule has 1 aromatic heterocycles. The first kappa shape index (κ1) is 7.12. The van der Waals surface area contributed by atoms with Crippen molar-refractivity contribution in [3.05, 3.63) is 17.0 Å². The molecule has 0 saturated heterocycles. The largest absolute Gasteiger partial charge is 0.276 e. The first-order valence-corrected chi connectivity index (χ1v) is 3.88. The highest BCUT2D eigenvalue weighted by atomic mass is 35.5. The second-order valence-electron chi connectivity index (χ2n) is 1.45. The molecule has 0 aliphatic rings. The summed E-state index contributed by atoms with van der Waals surface area (Å²) in [4.78, 5) is 10.4. The van der Waals surface area contributed by atoms with Crippen LogP contribution in [0.25, 0.3) is 0 Å². The molecular weight excluding hydrogens is 176 g/mol. The van der Waals surface area contributed by atoms with Gasteiger partial charge in [0.2, 0.25) is 0 Å². The highest BCUT2D eigenvalue weighted by molar-refractivity contribution is 7.82. The number of thiol groups is 1. The van der Waals surface area contributed by atoms with Crippen molar-refractivity contribution in [3.8, 4) is 0 Å². The minimum atomic E-state index is -0.424. The van der Waals surface area contributed by atoms with Gasteiger partial charge in [0.05, 0.1) is 4.21 Å². The molecular formula is C5H3ClOS2. The number of hydrogen-bond acceptors (Lipinski definition) is 3. The molecule has 0 N–H and O–H groups in total. The molecule has 0 aliphatic carbocycles. The van der Waals surface area contributed by atoms with E-state index in [1.165, 1.54) is 11.3 Å². The Hall–Kier alpha value is 0.01000. The fraction of sp³-hybridized carbons (Fsp3) is 0. The van der Waals surface area contributed by atoms with Gasteiger partial charge in [-0.25, -0.2) is 0 Å². The zero-order valence-electron chi connectivity index (χ0n) is 4.30. The molecule has 1 nitrogen and oxygen atoms in total. The van der Waals surface area contributed by atoms with Gasteiger partial charge in [-0.1, -0.05) is 0 Å². The standard InChI is InChI=1S/C5H3ClOS2/c6-5(7)3-1-4(8)9-2-3/h1-2,8H. The Bertz CT molecular complexity index is 231. The Balaban J connectivity index is 2.98. The third-order valence-electron chi connectivity index (χ3n) is 0.813. The van der Waals surface area contributed by atoms with Crippen molar-refractivity contribution < 1.29 is 4.79 Å². The van der Waals surface area contributed by atoms with Gasteiger partial charge in [-0.15, -0.1) is 24.0 Å². The molecule has 0 aliphatic heterocycles. The molecule has 0 amide bonds. The molecule has 1 aromatic rings. The summed E-state index contributed by atoms with van der Waals surface area (Å²) in [5.41, 5.74) is 0.520. The van der Waals surface area contributed by atoms with Crippen LogP contribution in [0.5, 0.6) is 0 Å². The third kappa shape index (κ3) is 1.71. The zero-order chi connectivity index (χ0) is 6.85. The predicted octanol–water partition coefficient (Wildman–Crippen LogP) is 2.42. The van der Waals surface area contributed by atoms with Gasteiger partial charge in [-0.3, -0.25) is 4.79 Å². The molecule has 0 aromatic carbocycles. The van der Waals surface area contributed by atoms with E-state index in [1.807, 2.05) is 0 Å². The van der Waals surface area contributed by atoms with Crippen molar-refractivity contribution in [2.24, 2.45) is 0 Å². The molecule has 0 bridgehead atoms. The Kier molecular flexibility index (Phi) is 2.16. The summed E-state index contributed by atoms with van der Waals surface area (Å²) in [5, 5.41) is 1.25. The molecule has 1 heterocycles. The fourth-order valence-electron chi connectivity index (χ4n) is 0.428. The Morgan fingerprint density at radius 3 is 2.67 bits per heavy atom. The van der Waals surface area contributed by atoms with E-state index in [0.717, 1.165) is 4.21 Å². The van der Waals surface area contributed by atoms with E-state index in [0.29, 0.717) is 5.56 Å². The molecule has 0 spiro atoms. The summed E-state index contributed by atoms with van der Waals surface area (Å²) in [6.07, 6.45) is 0. The van der Waals surface area contributed by atoms with Crippen LogP contribution in [-0.2, 0) is 0 Å². The first-order chi connectivity index (χ1) is 4.20. The van der Waals surface area contributed by atoms with Crippen LogP contribution in [0.15, 0.2) is 15.7 Å². The number of hydrogen-bond donors (Lipinski definition) is 1. The Morgan fingerprint density at radius 2 is 2.44 bits per heavy atom. The van der Waals surface area contributed by atoms with E-state index in [1.54, 1.807) is 11.4 Å². The summed E-state index contributed by atoms with van der Waals surface area (Å²) in [6.45, 7) is 0. The number of rotatable bonds is 1. The van der Waals surface area contributed by atoms with Crippen LogP contribution in [0.3, 0.4) is 0 Å². The van der Waals surface area contributed by atoms with Crippen LogP contribution in [0, 0.1) is 0 Å². The van der Waals surface area contributed by atoms with Crippen molar-refractivity contribution >= 4 is 40.8 Å². The summed E-state index contributed by atoms with van der Waals surface area (Å²) >= 11 is 10.5. The van der Waals surface area contributed by atoms with E-state index >= 15 is 0 Å². The topological polar surface area (TPSA) is 17.1 Å². The maximum atomic E-state index is 10.4. The van der Waals surface area contributed by atoms with Gasteiger partial charge < -0.3 is 0 Å². The van der Waals surface area contributed by atoms with Crippen LogP contribution in [0.4, 0.5) is 0 Å². The Morgan fingerprint density at radius 1 is 1.78 bits per heavy atom. The average Bonchev–Trinajstić information content (AvgIpc) is 2.14. The van der Waals surface area contributed by atoms with Crippen molar-refractivity contribution in [3.63, 3.8) is 0 Å². The lowest BCUT2D eigenvalue weighted by molar-refractivity contribution is 0.108. The number of halogens is 1. The lowest BCUT2D eigenvalue weighted by Crippen LogP contribution is -1.80. The molecule has 0 atom stereocenters. The van der Waals surface area contributed by atoms with Crippen molar-refractivity contribution in [1.82, 2.24) is 0 Å². The summed E-state index contributed by atoms with van der Waals surface area (Å²) in [6, 6.07) is 1.64. The van der Waals surface area contributed by atoms with Gasteiger partial charge in [-0.05, 0) is 17.7 Å². The van der Waals surface area contributed by atoms with E-state index in [2.05, 4.69) is 12.6 Å². The molecule has 0 unspecified atom stereocenters. The van der Waals surface area contributed by atoms with Crippen LogP contribution >= 0.6 is 35.6 Å². The van der Waals surface area contributed by atoms with Crippen LogP contribution < -0.4 is 0 Å². The average molecular weight is 179 g/mol. The monoisotopic (exact) mass is 178 g/mol. The zero-order valence-corrected chi connectivity index (χ0v) is 6.76. The van der Waals surface area contributed by atoms with Gasteiger partial charge in [0.15, 0.2) is 0 Å². The quantitative estimate of drug-likeness (QED) is 0.516. The van der Waals surface area contributed by atoms with E-state index in [9.17, 15) is 4.79 Å². The molecule has 48 valence electrons. The number of carbonyl (C=O) groups is 1. The minimum absolute atomic E-state index is 0.424. The maximum Gasteiger partial charge on any atom is 0.253 e. The van der Waals surface area contributed by atoms with Crippen molar-refractivity contribution in [1.29, 1.82) is 0 Å². The van der Waals surface area contributed by atoms with E-state index in [4.69, 9.17) is 11.6 Å². The molecule has 9 heavy (non-hydrogen) atoms. The Labute approximate surface area is 67.1 Å². The van der Waals surface area contributed by atoms with Crippen LogP contribution in [0.1, 0.15) is 10.4 Å². The first-order valence-electron chi connectivity index (χ1n) is 2.17. The van der Waals surface area contributed by atoms with Crippen LogP contribution in [0.2, 0.25) is 0 Å². The molecule has 0 saturated carbocycles. The van der Waals surface area contributed by atoms with E-state index in [-0.39, 0.29) is 0 Å². The van der Waals surface area contributed by atoms with Crippen LogP contribution in [-0.4, -0.2) is 5.24 Å². The molecule has 0 fully saturated rings.